The van der Waals surface area contributed by atoms with Gasteiger partial charge in [-0.05, 0) is 24.3 Å². The molecule has 2 aromatic heterocycles. The molecule has 0 fully saturated rings. The van der Waals surface area contributed by atoms with E-state index in [9.17, 15) is 0 Å². The van der Waals surface area contributed by atoms with Crippen molar-refractivity contribution >= 4 is 27.0 Å². The zero-order chi connectivity index (χ0) is 20.0. The predicted molar refractivity (Wildman–Crippen MR) is 95.9 cm³/mol. The molecule has 0 aliphatic rings. The van der Waals surface area contributed by atoms with Crippen molar-refractivity contribution in [3.8, 4) is 22.6 Å². The van der Waals surface area contributed by atoms with Crippen LogP contribution in [0.2, 0.25) is 0 Å². The summed E-state index contributed by atoms with van der Waals surface area (Å²) in [6, 6.07) is 8.98. The fourth-order valence-electron chi connectivity index (χ4n) is 2.27. The fourth-order valence-corrected chi connectivity index (χ4v) is 2.67. The van der Waals surface area contributed by atoms with Gasteiger partial charge in [-0.3, -0.25) is 4.98 Å². The van der Waals surface area contributed by atoms with Crippen LogP contribution in [0, 0.1) is 0 Å². The Kier molecular flexibility index (Phi) is 2.44. The van der Waals surface area contributed by atoms with Crippen LogP contribution in [0.15, 0.2) is 77.3 Å². The Hall–Kier alpha value is -2.59. The Labute approximate surface area is 149 Å². The van der Waals surface area contributed by atoms with E-state index in [0.29, 0.717) is 16.9 Å². The molecule has 4 rings (SSSR count). The van der Waals surface area contributed by atoms with Crippen molar-refractivity contribution in [2.75, 3.05) is 0 Å². The van der Waals surface area contributed by atoms with E-state index in [4.69, 9.17) is 6.85 Å². The zero-order valence-electron chi connectivity index (χ0n) is 16.8. The van der Waals surface area contributed by atoms with Gasteiger partial charge in [-0.25, -0.2) is 9.97 Å². The third-order valence-corrected chi connectivity index (χ3v) is 3.77. The maximum atomic E-state index is 8.29. The molecule has 2 heterocycles. The van der Waals surface area contributed by atoms with Gasteiger partial charge in [-0.1, -0.05) is 58.3 Å². The molecule has 0 aliphatic heterocycles. The first kappa shape index (κ1) is 9.53. The molecule has 0 atom stereocenters. The summed E-state index contributed by atoms with van der Waals surface area (Å²) < 4.78 is 41.2. The molecule has 4 aromatic rings. The van der Waals surface area contributed by atoms with Gasteiger partial charge in [0.15, 0.2) is 5.82 Å². The molecular weight excluding hydrogens is 350 g/mol. The van der Waals surface area contributed by atoms with Crippen molar-refractivity contribution in [3.05, 3.63) is 77.3 Å². The second-order valence-corrected chi connectivity index (χ2v) is 5.69. The third kappa shape index (κ3) is 2.73. The Balaban J connectivity index is 2.11. The van der Waals surface area contributed by atoms with Gasteiger partial charge >= 0.3 is 0 Å². The minimum Gasteiger partial charge on any atom is -0.252 e. The van der Waals surface area contributed by atoms with Crippen LogP contribution in [0.25, 0.3) is 33.7 Å². The minimum absolute atomic E-state index is 0.00773. The number of nitrogens with zero attached hydrogens (tertiary/aromatic N) is 3. The largest absolute Gasteiger partial charge is 0.252 e. The minimum atomic E-state index is -0.447. The van der Waals surface area contributed by atoms with Gasteiger partial charge < -0.3 is 0 Å². The summed E-state index contributed by atoms with van der Waals surface area (Å²) in [6.45, 7) is 0. The van der Waals surface area contributed by atoms with Crippen LogP contribution in [0.5, 0.6) is 0 Å². The van der Waals surface area contributed by atoms with E-state index in [1.54, 1.807) is 18.3 Å². The molecule has 0 radical (unpaired) electrons. The molecule has 0 amide bonds. The van der Waals surface area contributed by atoms with Crippen LogP contribution in [0.4, 0.5) is 0 Å². The monoisotopic (exact) mass is 366 g/mol. The second-order valence-electron chi connectivity index (χ2n) is 4.78. The zero-order valence-corrected chi connectivity index (χ0v) is 13.3. The summed E-state index contributed by atoms with van der Waals surface area (Å²) in [6.07, 6.45) is 1.56. The molecule has 2 aromatic carbocycles. The number of halogens is 1. The van der Waals surface area contributed by atoms with Crippen molar-refractivity contribution in [1.29, 1.82) is 0 Å². The number of fused-ring (bicyclic) bond motifs is 1. The lowest BCUT2D eigenvalue weighted by molar-refractivity contribution is 1.20. The van der Waals surface area contributed by atoms with E-state index in [1.807, 2.05) is 24.3 Å². The van der Waals surface area contributed by atoms with Crippen LogP contribution in [-0.4, -0.2) is 15.0 Å². The molecule has 0 unspecified atom stereocenters. The highest BCUT2D eigenvalue weighted by Crippen LogP contribution is 2.28. The quantitative estimate of drug-likeness (QED) is 0.494. The van der Waals surface area contributed by atoms with Gasteiger partial charge in [-0.15, -0.1) is 0 Å². The Morgan fingerprint density at radius 3 is 2.61 bits per heavy atom. The Bertz CT molecular complexity index is 1220. The second kappa shape index (κ2) is 5.89. The fraction of sp³-hybridized carbons (Fsp3) is 0. The van der Waals surface area contributed by atoms with E-state index in [0.717, 1.165) is 10.0 Å². The maximum absolute atomic E-state index is 8.29. The van der Waals surface area contributed by atoms with Crippen molar-refractivity contribution in [3.63, 3.8) is 0 Å². The topological polar surface area (TPSA) is 38.7 Å². The van der Waals surface area contributed by atoms with Gasteiger partial charge in [0.1, 0.15) is 11.2 Å². The molecule has 0 bridgehead atoms. The number of aromatic nitrogens is 3. The van der Waals surface area contributed by atoms with E-state index in [-0.39, 0.29) is 23.3 Å². The highest BCUT2D eigenvalue weighted by atomic mass is 79.9. The normalized spacial score (nSPS) is 13.9. The van der Waals surface area contributed by atoms with Gasteiger partial charge in [-0.2, -0.15) is 0 Å². The van der Waals surface area contributed by atoms with Crippen LogP contribution in [-0.2, 0) is 0 Å². The molecule has 0 saturated heterocycles. The molecular formula is C19H12BrN3. The standard InChI is InChI=1S/C19H12BrN3/c20-15-9-4-8-14(12-15)19-22-16-10-5-11-21-18(16)17(23-19)13-6-2-1-3-7-13/h1-12H/i1D,2D,3D,6D,7D. The van der Waals surface area contributed by atoms with Crippen molar-refractivity contribution in [2.24, 2.45) is 0 Å². The first-order chi connectivity index (χ1) is 13.4. The van der Waals surface area contributed by atoms with Gasteiger partial charge in [0.05, 0.1) is 12.4 Å². The molecule has 110 valence electrons. The lowest BCUT2D eigenvalue weighted by Gasteiger charge is -2.08. The Morgan fingerprint density at radius 1 is 0.913 bits per heavy atom. The van der Waals surface area contributed by atoms with Crippen molar-refractivity contribution in [1.82, 2.24) is 15.0 Å². The summed E-state index contributed by atoms with van der Waals surface area (Å²) in [5, 5.41) is 0. The van der Waals surface area contributed by atoms with Crippen LogP contribution in [0.1, 0.15) is 6.85 Å². The summed E-state index contributed by atoms with van der Waals surface area (Å²) in [5.41, 5.74) is 1.84. The lowest BCUT2D eigenvalue weighted by atomic mass is 10.1. The Morgan fingerprint density at radius 2 is 1.78 bits per heavy atom. The molecule has 0 saturated carbocycles. The third-order valence-electron chi connectivity index (χ3n) is 3.27. The number of rotatable bonds is 2. The summed E-state index contributed by atoms with van der Waals surface area (Å²) in [5.74, 6) is 0.378. The molecule has 3 nitrogen and oxygen atoms in total. The first-order valence-electron chi connectivity index (χ1n) is 9.34. The van der Waals surface area contributed by atoms with E-state index in [2.05, 4.69) is 30.9 Å². The molecule has 23 heavy (non-hydrogen) atoms. The van der Waals surface area contributed by atoms with Crippen LogP contribution >= 0.6 is 15.9 Å². The smallest absolute Gasteiger partial charge is 0.160 e. The van der Waals surface area contributed by atoms with E-state index in [1.165, 1.54) is 0 Å². The number of hydrogen-bond acceptors (Lipinski definition) is 3. The summed E-state index contributed by atoms with van der Waals surface area (Å²) >= 11 is 3.42. The summed E-state index contributed by atoms with van der Waals surface area (Å²) in [4.78, 5) is 13.4. The van der Waals surface area contributed by atoms with Crippen LogP contribution < -0.4 is 0 Å². The first-order valence-corrected chi connectivity index (χ1v) is 7.63. The van der Waals surface area contributed by atoms with E-state index >= 15 is 0 Å². The van der Waals surface area contributed by atoms with Crippen molar-refractivity contribution < 1.29 is 6.85 Å². The average molecular weight is 367 g/mol. The van der Waals surface area contributed by atoms with Gasteiger partial charge in [0.25, 0.3) is 0 Å². The highest BCUT2D eigenvalue weighted by molar-refractivity contribution is 9.10. The maximum Gasteiger partial charge on any atom is 0.160 e. The summed E-state index contributed by atoms with van der Waals surface area (Å²) in [7, 11) is 0. The molecule has 0 spiro atoms. The predicted octanol–water partition coefficient (Wildman–Crippen LogP) is 5.12. The van der Waals surface area contributed by atoms with E-state index < -0.39 is 18.1 Å². The SMILES string of the molecule is [2H]c1c([2H])c([2H])c(-c2nc(-c3cccc(Br)c3)nc3cccnc23)c([2H])c1[2H]. The van der Waals surface area contributed by atoms with Crippen molar-refractivity contribution in [2.45, 2.75) is 0 Å². The molecule has 4 heteroatoms. The number of pyridine rings is 1. The lowest BCUT2D eigenvalue weighted by Crippen LogP contribution is -1.96. The van der Waals surface area contributed by atoms with Gasteiger partial charge in [0, 0.05) is 21.8 Å². The molecule has 0 N–H and O–H groups in total. The highest BCUT2D eigenvalue weighted by Gasteiger charge is 2.12. The number of hydrogen-bond donors (Lipinski definition) is 0. The van der Waals surface area contributed by atoms with Crippen LogP contribution in [0.3, 0.4) is 0 Å². The average Bonchev–Trinajstić information content (AvgIpc) is 2.70. The van der Waals surface area contributed by atoms with Gasteiger partial charge in [0.2, 0.25) is 0 Å². The molecule has 0 aliphatic carbocycles. The number of benzene rings is 2.